The van der Waals surface area contributed by atoms with Crippen molar-refractivity contribution in [3.8, 4) is 0 Å². The Bertz CT molecular complexity index is 808. The Kier molecular flexibility index (Phi) is 5.96. The maximum atomic E-state index is 10.9. The molecule has 2 heterocycles. The summed E-state index contributed by atoms with van der Waals surface area (Å²) in [5.41, 5.74) is 1.48. The zero-order valence-electron chi connectivity index (χ0n) is 14.3. The van der Waals surface area contributed by atoms with Crippen molar-refractivity contribution in [2.75, 3.05) is 18.0 Å². The van der Waals surface area contributed by atoms with Gasteiger partial charge in [-0.1, -0.05) is 29.3 Å². The number of piperidine rings is 1. The van der Waals surface area contributed by atoms with Crippen molar-refractivity contribution in [1.29, 1.82) is 0 Å². The molecule has 3 rings (SSSR count). The summed E-state index contributed by atoms with van der Waals surface area (Å²) in [5, 5.41) is 12.0. The molecule has 0 atom stereocenters. The van der Waals surface area contributed by atoms with Crippen LogP contribution in [0.5, 0.6) is 0 Å². The van der Waals surface area contributed by atoms with E-state index in [9.17, 15) is 10.1 Å². The van der Waals surface area contributed by atoms with E-state index in [-0.39, 0.29) is 11.8 Å². The van der Waals surface area contributed by atoms with Crippen LogP contribution >= 0.6 is 23.2 Å². The number of nitrogens with zero attached hydrogens (tertiary/aromatic N) is 3. The molecule has 0 saturated carbocycles. The van der Waals surface area contributed by atoms with E-state index < -0.39 is 4.92 Å². The number of anilines is 1. The summed E-state index contributed by atoms with van der Waals surface area (Å²) >= 11 is 11.9. The molecule has 138 valence electrons. The van der Waals surface area contributed by atoms with Crippen LogP contribution in [-0.4, -0.2) is 29.1 Å². The molecule has 0 radical (unpaired) electrons. The van der Waals surface area contributed by atoms with Crippen molar-refractivity contribution in [1.82, 2.24) is 4.98 Å². The number of halogens is 2. The molecular formula is C18H19Cl2N3O3. The van der Waals surface area contributed by atoms with Crippen molar-refractivity contribution >= 4 is 34.7 Å². The quantitative estimate of drug-likeness (QED) is 0.537. The number of hydrogen-bond donors (Lipinski definition) is 0. The number of pyridine rings is 1. The van der Waals surface area contributed by atoms with E-state index in [1.165, 1.54) is 6.07 Å². The minimum atomic E-state index is -0.408. The molecule has 0 N–H and O–H groups in total. The molecule has 26 heavy (non-hydrogen) atoms. The van der Waals surface area contributed by atoms with Crippen molar-refractivity contribution in [2.45, 2.75) is 32.5 Å². The third-order valence-electron chi connectivity index (χ3n) is 4.48. The normalized spacial score (nSPS) is 15.3. The zero-order valence-corrected chi connectivity index (χ0v) is 15.8. The summed E-state index contributed by atoms with van der Waals surface area (Å²) in [6, 6.07) is 8.73. The van der Waals surface area contributed by atoms with Crippen LogP contribution in [0.25, 0.3) is 0 Å². The van der Waals surface area contributed by atoms with E-state index in [4.69, 9.17) is 27.9 Å². The number of benzene rings is 1. The molecule has 1 aliphatic rings. The first kappa shape index (κ1) is 18.9. The van der Waals surface area contributed by atoms with Crippen LogP contribution in [-0.2, 0) is 11.3 Å². The van der Waals surface area contributed by atoms with E-state index in [1.54, 1.807) is 19.1 Å². The molecule has 1 aliphatic heterocycles. The first-order valence-corrected chi connectivity index (χ1v) is 9.12. The van der Waals surface area contributed by atoms with E-state index >= 15 is 0 Å². The van der Waals surface area contributed by atoms with Crippen LogP contribution in [0.3, 0.4) is 0 Å². The van der Waals surface area contributed by atoms with Crippen molar-refractivity contribution in [2.24, 2.45) is 0 Å². The molecule has 0 amide bonds. The second kappa shape index (κ2) is 8.20. The lowest BCUT2D eigenvalue weighted by atomic mass is 10.1. The Balaban J connectivity index is 1.53. The lowest BCUT2D eigenvalue weighted by Gasteiger charge is -2.32. The second-order valence-corrected chi connectivity index (χ2v) is 7.09. The standard InChI is InChI=1S/C18H19Cl2N3O3/c1-12-17(23(24)25)4-5-18(21-12)22-8-6-14(7-9-22)26-11-13-2-3-15(19)16(20)10-13/h2-5,10,14H,6-9,11H2,1H3. The van der Waals surface area contributed by atoms with Gasteiger partial charge in [0.05, 0.1) is 27.7 Å². The fourth-order valence-electron chi connectivity index (χ4n) is 3.00. The van der Waals surface area contributed by atoms with Gasteiger partial charge < -0.3 is 9.64 Å². The van der Waals surface area contributed by atoms with Crippen molar-refractivity contribution in [3.05, 3.63) is 61.7 Å². The summed E-state index contributed by atoms with van der Waals surface area (Å²) in [5.74, 6) is 0.774. The first-order valence-electron chi connectivity index (χ1n) is 8.36. The minimum absolute atomic E-state index is 0.0496. The number of aromatic nitrogens is 1. The number of aryl methyl sites for hydroxylation is 1. The maximum Gasteiger partial charge on any atom is 0.290 e. The average molecular weight is 396 g/mol. The van der Waals surface area contributed by atoms with Gasteiger partial charge in [-0.15, -0.1) is 0 Å². The summed E-state index contributed by atoms with van der Waals surface area (Å²) in [4.78, 5) is 17.0. The first-order chi connectivity index (χ1) is 12.4. The second-order valence-electron chi connectivity index (χ2n) is 6.28. The topological polar surface area (TPSA) is 68.5 Å². The smallest absolute Gasteiger partial charge is 0.290 e. The summed E-state index contributed by atoms with van der Waals surface area (Å²) in [6.45, 7) is 3.76. The van der Waals surface area contributed by atoms with Crippen LogP contribution in [0.1, 0.15) is 24.1 Å². The number of nitro groups is 1. The van der Waals surface area contributed by atoms with E-state index in [1.807, 2.05) is 12.1 Å². The fraction of sp³-hybridized carbons (Fsp3) is 0.389. The lowest BCUT2D eigenvalue weighted by Crippen LogP contribution is -2.37. The van der Waals surface area contributed by atoms with Crippen LogP contribution < -0.4 is 4.90 Å². The lowest BCUT2D eigenvalue weighted by molar-refractivity contribution is -0.385. The van der Waals surface area contributed by atoms with Crippen LogP contribution in [0.15, 0.2) is 30.3 Å². The summed E-state index contributed by atoms with van der Waals surface area (Å²) in [7, 11) is 0. The summed E-state index contributed by atoms with van der Waals surface area (Å²) in [6.07, 6.45) is 1.91. The van der Waals surface area contributed by atoms with Gasteiger partial charge in [-0.05, 0) is 43.5 Å². The van der Waals surface area contributed by atoms with E-state index in [0.717, 1.165) is 37.3 Å². The molecule has 1 aromatic heterocycles. The van der Waals surface area contributed by atoms with Crippen molar-refractivity contribution in [3.63, 3.8) is 0 Å². The molecule has 1 fully saturated rings. The van der Waals surface area contributed by atoms with Crippen LogP contribution in [0, 0.1) is 17.0 Å². The maximum absolute atomic E-state index is 10.9. The molecule has 2 aromatic rings. The van der Waals surface area contributed by atoms with Gasteiger partial charge in [-0.25, -0.2) is 4.98 Å². The largest absolute Gasteiger partial charge is 0.373 e. The van der Waals surface area contributed by atoms with Gasteiger partial charge in [0.15, 0.2) is 0 Å². The Hall–Kier alpha value is -1.89. The molecule has 8 heteroatoms. The highest BCUT2D eigenvalue weighted by molar-refractivity contribution is 6.42. The SMILES string of the molecule is Cc1nc(N2CCC(OCc3ccc(Cl)c(Cl)c3)CC2)ccc1[N+](=O)[O-]. The van der Waals surface area contributed by atoms with Crippen LogP contribution in [0.4, 0.5) is 11.5 Å². The third-order valence-corrected chi connectivity index (χ3v) is 5.21. The molecule has 1 aromatic carbocycles. The van der Waals surface area contributed by atoms with E-state index in [0.29, 0.717) is 22.3 Å². The highest BCUT2D eigenvalue weighted by Crippen LogP contribution is 2.26. The van der Waals surface area contributed by atoms with Crippen LogP contribution in [0.2, 0.25) is 10.0 Å². The Labute approximate surface area is 161 Å². The third kappa shape index (κ3) is 4.44. The molecule has 0 spiro atoms. The van der Waals surface area contributed by atoms with Crippen molar-refractivity contribution < 1.29 is 9.66 Å². The Morgan fingerprint density at radius 1 is 1.23 bits per heavy atom. The van der Waals surface area contributed by atoms with Gasteiger partial charge in [0.25, 0.3) is 5.69 Å². The van der Waals surface area contributed by atoms with Gasteiger partial charge in [0.1, 0.15) is 11.5 Å². The highest BCUT2D eigenvalue weighted by Gasteiger charge is 2.22. The van der Waals surface area contributed by atoms with Gasteiger partial charge in [0.2, 0.25) is 0 Å². The number of hydrogen-bond acceptors (Lipinski definition) is 5. The fourth-order valence-corrected chi connectivity index (χ4v) is 3.33. The molecule has 0 unspecified atom stereocenters. The predicted molar refractivity (Wildman–Crippen MR) is 102 cm³/mol. The number of rotatable bonds is 5. The zero-order chi connectivity index (χ0) is 18.7. The van der Waals surface area contributed by atoms with E-state index in [2.05, 4.69) is 9.88 Å². The molecule has 6 nitrogen and oxygen atoms in total. The van der Waals surface area contributed by atoms with Gasteiger partial charge in [-0.3, -0.25) is 10.1 Å². The predicted octanol–water partition coefficient (Wildman–Crippen LogP) is 4.79. The Morgan fingerprint density at radius 2 is 1.96 bits per heavy atom. The highest BCUT2D eigenvalue weighted by atomic mass is 35.5. The molecular weight excluding hydrogens is 377 g/mol. The van der Waals surface area contributed by atoms with Gasteiger partial charge >= 0.3 is 0 Å². The average Bonchev–Trinajstić information content (AvgIpc) is 2.63. The Morgan fingerprint density at radius 3 is 2.58 bits per heavy atom. The minimum Gasteiger partial charge on any atom is -0.373 e. The summed E-state index contributed by atoms with van der Waals surface area (Å²) < 4.78 is 5.98. The monoisotopic (exact) mass is 395 g/mol. The molecule has 1 saturated heterocycles. The molecule has 0 aliphatic carbocycles. The molecule has 0 bridgehead atoms. The number of ether oxygens (including phenoxy) is 1. The van der Waals surface area contributed by atoms with Gasteiger partial charge in [0, 0.05) is 19.2 Å². The van der Waals surface area contributed by atoms with Gasteiger partial charge in [-0.2, -0.15) is 0 Å².